The summed E-state index contributed by atoms with van der Waals surface area (Å²) in [5, 5.41) is 4.89. The van der Waals surface area contributed by atoms with Crippen LogP contribution in [0.2, 0.25) is 0 Å². The predicted molar refractivity (Wildman–Crippen MR) is 119 cm³/mol. The number of para-hydroxylation sites is 1. The molecule has 1 aromatic heterocycles. The number of amides is 2. The number of nitrogens with one attached hydrogen (secondary N) is 2. The van der Waals surface area contributed by atoms with Crippen LogP contribution in [0.4, 0.5) is 16.3 Å². The molecule has 1 atom stereocenters. The maximum absolute atomic E-state index is 13.2. The molecule has 2 aromatic carbocycles. The largest absolute Gasteiger partial charge is 0.497 e. The second-order valence-electron chi connectivity index (χ2n) is 7.30. The van der Waals surface area contributed by atoms with Crippen LogP contribution in [0.25, 0.3) is 0 Å². The quantitative estimate of drug-likeness (QED) is 0.643. The highest BCUT2D eigenvalue weighted by molar-refractivity contribution is 5.95. The molecule has 0 aliphatic carbocycles. The maximum Gasteiger partial charge on any atom is 0.347 e. The van der Waals surface area contributed by atoms with Gasteiger partial charge in [0.05, 0.1) is 25.9 Å². The number of aromatic nitrogens is 1. The molecule has 31 heavy (non-hydrogen) atoms. The van der Waals surface area contributed by atoms with E-state index in [1.807, 2.05) is 66.7 Å². The SMILES string of the molecule is COc1ccc(CN2C(=O)N3NC=NC3c3ccc(CNc4ccccc4)nc32)cc1. The van der Waals surface area contributed by atoms with Crippen LogP contribution in [0.1, 0.15) is 23.0 Å². The van der Waals surface area contributed by atoms with Crippen molar-refractivity contribution in [2.75, 3.05) is 17.3 Å². The van der Waals surface area contributed by atoms with Crippen molar-refractivity contribution < 1.29 is 9.53 Å². The van der Waals surface area contributed by atoms with E-state index >= 15 is 0 Å². The number of hydrogen-bond donors (Lipinski definition) is 2. The second kappa shape index (κ2) is 7.98. The number of nitrogens with zero attached hydrogens (tertiary/aromatic N) is 4. The summed E-state index contributed by atoms with van der Waals surface area (Å²) < 4.78 is 5.24. The highest BCUT2D eigenvalue weighted by Gasteiger charge is 2.40. The Morgan fingerprint density at radius 3 is 2.65 bits per heavy atom. The summed E-state index contributed by atoms with van der Waals surface area (Å²) >= 11 is 0. The molecule has 2 N–H and O–H groups in total. The number of urea groups is 1. The molecule has 3 heterocycles. The number of benzene rings is 2. The number of aliphatic imine (C=N–C) groups is 1. The molecule has 1 unspecified atom stereocenters. The summed E-state index contributed by atoms with van der Waals surface area (Å²) in [7, 11) is 1.63. The Morgan fingerprint density at radius 2 is 1.87 bits per heavy atom. The van der Waals surface area contributed by atoms with Crippen molar-refractivity contribution in [3.8, 4) is 5.75 Å². The van der Waals surface area contributed by atoms with E-state index in [1.165, 1.54) is 5.01 Å². The average molecular weight is 414 g/mol. The van der Waals surface area contributed by atoms with Crippen LogP contribution in [0.15, 0.2) is 71.7 Å². The van der Waals surface area contributed by atoms with Crippen LogP contribution < -0.4 is 20.4 Å². The minimum atomic E-state index is -0.404. The van der Waals surface area contributed by atoms with E-state index < -0.39 is 6.17 Å². The average Bonchev–Trinajstić information content (AvgIpc) is 3.32. The molecule has 3 aromatic rings. The normalized spacial score (nSPS) is 16.5. The molecular formula is C23H22N6O2. The summed E-state index contributed by atoms with van der Waals surface area (Å²) in [5.41, 5.74) is 6.66. The first-order chi connectivity index (χ1) is 15.2. The van der Waals surface area contributed by atoms with E-state index in [2.05, 4.69) is 15.7 Å². The number of hydrogen-bond acceptors (Lipinski definition) is 6. The zero-order valence-corrected chi connectivity index (χ0v) is 17.0. The van der Waals surface area contributed by atoms with Crippen molar-refractivity contribution in [2.45, 2.75) is 19.3 Å². The molecule has 2 aliphatic heterocycles. The van der Waals surface area contributed by atoms with E-state index in [0.29, 0.717) is 18.9 Å². The van der Waals surface area contributed by atoms with E-state index in [9.17, 15) is 4.79 Å². The van der Waals surface area contributed by atoms with Gasteiger partial charge in [-0.2, -0.15) is 0 Å². The summed E-state index contributed by atoms with van der Waals surface area (Å²) in [6.45, 7) is 0.945. The van der Waals surface area contributed by atoms with Crippen LogP contribution in [-0.4, -0.2) is 29.5 Å². The first kappa shape index (κ1) is 18.9. The number of hydrazine groups is 1. The number of carbonyl (C=O) groups excluding carboxylic acids is 1. The Balaban J connectivity index is 1.45. The molecule has 0 bridgehead atoms. The first-order valence-electron chi connectivity index (χ1n) is 10.0. The Hall–Kier alpha value is -4.07. The molecule has 0 fully saturated rings. The van der Waals surface area contributed by atoms with Gasteiger partial charge in [-0.1, -0.05) is 30.3 Å². The van der Waals surface area contributed by atoms with Crippen LogP contribution >= 0.6 is 0 Å². The third kappa shape index (κ3) is 3.63. The van der Waals surface area contributed by atoms with Crippen molar-refractivity contribution in [3.63, 3.8) is 0 Å². The minimum Gasteiger partial charge on any atom is -0.497 e. The number of carbonyl (C=O) groups is 1. The van der Waals surface area contributed by atoms with Crippen LogP contribution in [0.5, 0.6) is 5.75 Å². The van der Waals surface area contributed by atoms with Crippen molar-refractivity contribution in [1.82, 2.24) is 15.4 Å². The molecule has 0 saturated heterocycles. The van der Waals surface area contributed by atoms with Gasteiger partial charge in [0.1, 0.15) is 17.9 Å². The molecule has 156 valence electrons. The Morgan fingerprint density at radius 1 is 1.06 bits per heavy atom. The molecule has 2 aliphatic rings. The number of pyridine rings is 1. The molecule has 8 nitrogen and oxygen atoms in total. The number of ether oxygens (including phenoxy) is 1. The molecule has 2 amide bonds. The van der Waals surface area contributed by atoms with Gasteiger partial charge in [-0.25, -0.2) is 19.8 Å². The van der Waals surface area contributed by atoms with E-state index in [4.69, 9.17) is 9.72 Å². The number of methoxy groups -OCH3 is 1. The maximum atomic E-state index is 13.2. The Kier molecular flexibility index (Phi) is 4.87. The van der Waals surface area contributed by atoms with Crippen LogP contribution in [-0.2, 0) is 13.1 Å². The first-order valence-corrected chi connectivity index (χ1v) is 10.0. The van der Waals surface area contributed by atoms with Crippen molar-refractivity contribution >= 4 is 23.9 Å². The highest BCUT2D eigenvalue weighted by Crippen LogP contribution is 2.37. The monoisotopic (exact) mass is 414 g/mol. The minimum absolute atomic E-state index is 0.188. The fourth-order valence-electron chi connectivity index (χ4n) is 3.72. The van der Waals surface area contributed by atoms with E-state index in [-0.39, 0.29) is 6.03 Å². The fourth-order valence-corrected chi connectivity index (χ4v) is 3.72. The Labute approximate surface area is 180 Å². The zero-order chi connectivity index (χ0) is 21.2. The van der Waals surface area contributed by atoms with Crippen LogP contribution in [0.3, 0.4) is 0 Å². The lowest BCUT2D eigenvalue weighted by Gasteiger charge is -2.36. The number of anilines is 2. The fraction of sp³-hybridized carbons (Fsp3) is 0.174. The van der Waals surface area contributed by atoms with Gasteiger partial charge in [0.25, 0.3) is 0 Å². The van der Waals surface area contributed by atoms with Gasteiger partial charge >= 0.3 is 6.03 Å². The zero-order valence-electron chi connectivity index (χ0n) is 17.0. The molecule has 0 radical (unpaired) electrons. The Bertz CT molecular complexity index is 1120. The smallest absolute Gasteiger partial charge is 0.347 e. The standard InChI is InChI=1S/C23H22N6O2/c1-31-19-10-7-16(8-11-19)14-28-22-20(21-25-15-26-29(21)23(28)30)12-9-18(27-22)13-24-17-5-3-2-4-6-17/h2-12,15,21,24H,13-14H2,1H3,(H,25,26). The van der Waals surface area contributed by atoms with Gasteiger partial charge in [0.2, 0.25) is 0 Å². The lowest BCUT2D eigenvalue weighted by Crippen LogP contribution is -2.52. The second-order valence-corrected chi connectivity index (χ2v) is 7.30. The van der Waals surface area contributed by atoms with Gasteiger partial charge in [0, 0.05) is 11.3 Å². The van der Waals surface area contributed by atoms with E-state index in [0.717, 1.165) is 28.3 Å². The lowest BCUT2D eigenvalue weighted by atomic mass is 10.1. The van der Waals surface area contributed by atoms with Gasteiger partial charge in [0.15, 0.2) is 6.17 Å². The molecule has 0 spiro atoms. The van der Waals surface area contributed by atoms with Crippen LogP contribution in [0, 0.1) is 0 Å². The summed E-state index contributed by atoms with van der Waals surface area (Å²) in [6.07, 6.45) is 1.15. The summed E-state index contributed by atoms with van der Waals surface area (Å²) in [6, 6.07) is 21.4. The predicted octanol–water partition coefficient (Wildman–Crippen LogP) is 3.69. The third-order valence-corrected chi connectivity index (χ3v) is 5.34. The van der Waals surface area contributed by atoms with Gasteiger partial charge in [-0.3, -0.25) is 10.3 Å². The summed E-state index contributed by atoms with van der Waals surface area (Å²) in [4.78, 5) is 24.1. The van der Waals surface area contributed by atoms with Gasteiger partial charge in [-0.15, -0.1) is 0 Å². The van der Waals surface area contributed by atoms with Gasteiger partial charge in [-0.05, 0) is 42.0 Å². The van der Waals surface area contributed by atoms with Crippen molar-refractivity contribution in [2.24, 2.45) is 4.99 Å². The van der Waals surface area contributed by atoms with E-state index in [1.54, 1.807) is 18.3 Å². The van der Waals surface area contributed by atoms with Crippen molar-refractivity contribution in [1.29, 1.82) is 0 Å². The van der Waals surface area contributed by atoms with Gasteiger partial charge < -0.3 is 10.1 Å². The van der Waals surface area contributed by atoms with Crippen molar-refractivity contribution in [3.05, 3.63) is 83.6 Å². The lowest BCUT2D eigenvalue weighted by molar-refractivity contribution is 0.172. The molecule has 8 heteroatoms. The molecular weight excluding hydrogens is 392 g/mol. The molecule has 5 rings (SSSR count). The number of fused-ring (bicyclic) bond motifs is 3. The number of rotatable bonds is 6. The third-order valence-electron chi connectivity index (χ3n) is 5.34. The molecule has 0 saturated carbocycles. The summed E-state index contributed by atoms with van der Waals surface area (Å²) in [5.74, 6) is 1.41. The topological polar surface area (TPSA) is 82.1 Å². The highest BCUT2D eigenvalue weighted by atomic mass is 16.5.